The van der Waals surface area contributed by atoms with Crippen LogP contribution in [0.15, 0.2) is 24.3 Å². The Bertz CT molecular complexity index is 589. The van der Waals surface area contributed by atoms with E-state index in [4.69, 9.17) is 4.74 Å². The summed E-state index contributed by atoms with van der Waals surface area (Å²) in [5, 5.41) is 3.42. The van der Waals surface area contributed by atoms with Crippen molar-refractivity contribution in [1.82, 2.24) is 10.2 Å². The summed E-state index contributed by atoms with van der Waals surface area (Å²) in [4.78, 5) is 15.3. The van der Waals surface area contributed by atoms with Gasteiger partial charge in [-0.25, -0.2) is 0 Å². The second-order valence-electron chi connectivity index (χ2n) is 7.72. The van der Waals surface area contributed by atoms with Gasteiger partial charge in [-0.3, -0.25) is 4.79 Å². The van der Waals surface area contributed by atoms with Crippen molar-refractivity contribution < 1.29 is 9.53 Å². The summed E-state index contributed by atoms with van der Waals surface area (Å²) in [6, 6.07) is 7.80. The number of carbonyl (C=O) groups excluding carboxylic acids is 1. The summed E-state index contributed by atoms with van der Waals surface area (Å²) in [7, 11) is 0. The first kappa shape index (κ1) is 15.9. The van der Waals surface area contributed by atoms with Crippen LogP contribution in [0.5, 0.6) is 5.75 Å². The molecule has 2 aliphatic heterocycles. The average Bonchev–Trinajstić information content (AvgIpc) is 2.72. The third kappa shape index (κ3) is 3.16. The maximum absolute atomic E-state index is 13.2. The highest BCUT2D eigenvalue weighted by molar-refractivity contribution is 5.97. The van der Waals surface area contributed by atoms with Crippen LogP contribution in [0.4, 0.5) is 0 Å². The van der Waals surface area contributed by atoms with Gasteiger partial charge in [0.1, 0.15) is 11.4 Å². The average molecular weight is 328 g/mol. The number of piperidine rings is 1. The molecule has 1 amide bonds. The summed E-state index contributed by atoms with van der Waals surface area (Å²) < 4.78 is 6.47. The smallest absolute Gasteiger partial charge is 0.257 e. The lowest BCUT2D eigenvalue weighted by Crippen LogP contribution is -2.53. The molecule has 4 heteroatoms. The van der Waals surface area contributed by atoms with Crippen LogP contribution in [0.3, 0.4) is 0 Å². The number of ether oxygens (including phenoxy) is 1. The van der Waals surface area contributed by atoms with Crippen molar-refractivity contribution in [2.45, 2.75) is 50.5 Å². The van der Waals surface area contributed by atoms with Crippen molar-refractivity contribution in [1.29, 1.82) is 0 Å². The van der Waals surface area contributed by atoms with Gasteiger partial charge in [0.05, 0.1) is 12.1 Å². The lowest BCUT2D eigenvalue weighted by Gasteiger charge is -2.40. The van der Waals surface area contributed by atoms with Gasteiger partial charge in [-0.1, -0.05) is 31.4 Å². The number of para-hydroxylation sites is 1. The van der Waals surface area contributed by atoms with Gasteiger partial charge in [0, 0.05) is 19.4 Å². The molecule has 3 aliphatic rings. The first-order chi connectivity index (χ1) is 11.8. The number of carbonyl (C=O) groups is 1. The molecule has 0 atom stereocenters. The van der Waals surface area contributed by atoms with Gasteiger partial charge < -0.3 is 15.0 Å². The number of fused-ring (bicyclic) bond motifs is 1. The Morgan fingerprint density at radius 2 is 1.88 bits per heavy atom. The number of hydrogen-bond donors (Lipinski definition) is 1. The fourth-order valence-electron chi connectivity index (χ4n) is 4.56. The zero-order valence-electron chi connectivity index (χ0n) is 14.4. The van der Waals surface area contributed by atoms with E-state index in [9.17, 15) is 4.79 Å². The molecule has 0 unspecified atom stereocenters. The molecule has 1 spiro atoms. The number of nitrogens with zero attached hydrogens (tertiary/aromatic N) is 1. The van der Waals surface area contributed by atoms with E-state index in [1.54, 1.807) is 0 Å². The van der Waals surface area contributed by atoms with Crippen molar-refractivity contribution in [3.63, 3.8) is 0 Å². The van der Waals surface area contributed by atoms with E-state index in [-0.39, 0.29) is 11.5 Å². The van der Waals surface area contributed by atoms with Crippen LogP contribution in [0, 0.1) is 5.92 Å². The molecule has 0 aromatic heterocycles. The van der Waals surface area contributed by atoms with Crippen LogP contribution in [-0.2, 0) is 0 Å². The number of hydrogen-bond acceptors (Lipinski definition) is 3. The monoisotopic (exact) mass is 328 g/mol. The van der Waals surface area contributed by atoms with Crippen LogP contribution < -0.4 is 10.1 Å². The highest BCUT2D eigenvalue weighted by Crippen LogP contribution is 2.35. The Morgan fingerprint density at radius 1 is 1.12 bits per heavy atom. The Morgan fingerprint density at radius 3 is 2.67 bits per heavy atom. The molecule has 2 fully saturated rings. The lowest BCUT2D eigenvalue weighted by atomic mass is 9.87. The Hall–Kier alpha value is -1.55. The number of rotatable bonds is 2. The standard InChI is InChI=1S/C20H28N2O2/c23-19-17-8-4-5-9-18(17)24-20(10-12-21-13-11-20)15-22(19)14-16-6-2-1-3-7-16/h4-5,8-9,16,21H,1-3,6-7,10-15H2. The molecule has 4 nitrogen and oxygen atoms in total. The third-order valence-corrected chi connectivity index (χ3v) is 5.93. The van der Waals surface area contributed by atoms with Crippen LogP contribution in [-0.4, -0.2) is 42.6 Å². The molecule has 4 rings (SSSR count). The molecule has 1 N–H and O–H groups in total. The van der Waals surface area contributed by atoms with E-state index >= 15 is 0 Å². The molecular formula is C20H28N2O2. The highest BCUT2D eigenvalue weighted by atomic mass is 16.5. The molecule has 2 heterocycles. The maximum atomic E-state index is 13.2. The second kappa shape index (κ2) is 6.75. The molecule has 0 radical (unpaired) electrons. The second-order valence-corrected chi connectivity index (χ2v) is 7.72. The highest BCUT2D eigenvalue weighted by Gasteiger charge is 2.41. The largest absolute Gasteiger partial charge is 0.484 e. The Kier molecular flexibility index (Phi) is 4.49. The van der Waals surface area contributed by atoms with Crippen molar-refractivity contribution >= 4 is 5.91 Å². The molecule has 1 saturated heterocycles. The van der Waals surface area contributed by atoms with Gasteiger partial charge in [-0.2, -0.15) is 0 Å². The first-order valence-corrected chi connectivity index (χ1v) is 9.54. The van der Waals surface area contributed by atoms with Crippen LogP contribution >= 0.6 is 0 Å². The minimum Gasteiger partial charge on any atom is -0.484 e. The predicted octanol–water partition coefficient (Wildman–Crippen LogP) is 3.22. The number of nitrogens with one attached hydrogen (secondary N) is 1. The summed E-state index contributed by atoms with van der Waals surface area (Å²) in [6.45, 7) is 3.56. The topological polar surface area (TPSA) is 41.6 Å². The number of amides is 1. The molecule has 24 heavy (non-hydrogen) atoms. The van der Waals surface area contributed by atoms with E-state index in [0.717, 1.165) is 50.3 Å². The van der Waals surface area contributed by atoms with Gasteiger partial charge in [0.15, 0.2) is 0 Å². The Balaban J connectivity index is 1.63. The molecule has 1 aromatic rings. The van der Waals surface area contributed by atoms with Crippen molar-refractivity contribution in [3.8, 4) is 5.75 Å². The third-order valence-electron chi connectivity index (χ3n) is 5.93. The fourth-order valence-corrected chi connectivity index (χ4v) is 4.56. The molecule has 1 saturated carbocycles. The minimum absolute atomic E-state index is 0.159. The van der Waals surface area contributed by atoms with Crippen LogP contribution in [0.25, 0.3) is 0 Å². The SMILES string of the molecule is O=C1c2ccccc2OC2(CCNCC2)CN1CC1CCCCC1. The summed E-state index contributed by atoms with van der Waals surface area (Å²) in [5.74, 6) is 1.59. The van der Waals surface area contributed by atoms with E-state index in [1.807, 2.05) is 24.3 Å². The zero-order valence-corrected chi connectivity index (χ0v) is 14.4. The van der Waals surface area contributed by atoms with Gasteiger partial charge in [0.25, 0.3) is 5.91 Å². The Labute approximate surface area is 144 Å². The number of benzene rings is 1. The quantitative estimate of drug-likeness (QED) is 0.906. The predicted molar refractivity (Wildman–Crippen MR) is 94.4 cm³/mol. The van der Waals surface area contributed by atoms with E-state index in [1.165, 1.54) is 32.1 Å². The van der Waals surface area contributed by atoms with Crippen molar-refractivity contribution in [2.24, 2.45) is 5.92 Å². The molecule has 130 valence electrons. The minimum atomic E-state index is -0.220. The maximum Gasteiger partial charge on any atom is 0.257 e. The normalized spacial score (nSPS) is 24.3. The van der Waals surface area contributed by atoms with E-state index < -0.39 is 0 Å². The lowest BCUT2D eigenvalue weighted by molar-refractivity contribution is 0.00785. The fraction of sp³-hybridized carbons (Fsp3) is 0.650. The molecule has 0 bridgehead atoms. The summed E-state index contributed by atoms with van der Waals surface area (Å²) >= 11 is 0. The van der Waals surface area contributed by atoms with Gasteiger partial charge in [-0.15, -0.1) is 0 Å². The zero-order chi connectivity index (χ0) is 16.4. The first-order valence-electron chi connectivity index (χ1n) is 9.54. The van der Waals surface area contributed by atoms with Crippen LogP contribution in [0.2, 0.25) is 0 Å². The van der Waals surface area contributed by atoms with Crippen LogP contribution in [0.1, 0.15) is 55.3 Å². The van der Waals surface area contributed by atoms with Crippen molar-refractivity contribution in [2.75, 3.05) is 26.2 Å². The van der Waals surface area contributed by atoms with Crippen molar-refractivity contribution in [3.05, 3.63) is 29.8 Å². The van der Waals surface area contributed by atoms with Gasteiger partial charge >= 0.3 is 0 Å². The molecular weight excluding hydrogens is 300 g/mol. The van der Waals surface area contributed by atoms with E-state index in [2.05, 4.69) is 10.2 Å². The van der Waals surface area contributed by atoms with Gasteiger partial charge in [0.2, 0.25) is 0 Å². The summed E-state index contributed by atoms with van der Waals surface area (Å²) in [6.07, 6.45) is 8.45. The van der Waals surface area contributed by atoms with E-state index in [0.29, 0.717) is 5.92 Å². The van der Waals surface area contributed by atoms with Gasteiger partial charge in [-0.05, 0) is 44.0 Å². The molecule has 1 aliphatic carbocycles. The molecule has 1 aromatic carbocycles. The summed E-state index contributed by atoms with van der Waals surface area (Å²) in [5.41, 5.74) is 0.519.